The Bertz CT molecular complexity index is 556. The van der Waals surface area contributed by atoms with Gasteiger partial charge in [-0.3, -0.25) is 19.2 Å². The molecule has 1 saturated heterocycles. The van der Waals surface area contributed by atoms with Gasteiger partial charge in [-0.1, -0.05) is 33.6 Å². The van der Waals surface area contributed by atoms with Crippen molar-refractivity contribution in [1.82, 2.24) is 10.2 Å². The smallest absolute Gasteiger partial charge is 0.303 e. The molecule has 3 amide bonds. The van der Waals surface area contributed by atoms with E-state index in [-0.39, 0.29) is 24.7 Å². The lowest BCUT2D eigenvalue weighted by atomic mass is 9.85. The van der Waals surface area contributed by atoms with Crippen molar-refractivity contribution < 1.29 is 24.3 Å². The van der Waals surface area contributed by atoms with Gasteiger partial charge in [-0.25, -0.2) is 0 Å². The van der Waals surface area contributed by atoms with Crippen LogP contribution in [0.25, 0.3) is 0 Å². The minimum atomic E-state index is -0.810. The number of nitrogens with zero attached hydrogens (tertiary/aromatic N) is 1. The molecule has 1 aliphatic rings. The fourth-order valence-corrected chi connectivity index (χ4v) is 3.29. The summed E-state index contributed by atoms with van der Waals surface area (Å²) in [7, 11) is 0. The van der Waals surface area contributed by atoms with Gasteiger partial charge >= 0.3 is 5.97 Å². The third-order valence-electron chi connectivity index (χ3n) is 4.83. The quantitative estimate of drug-likeness (QED) is 0.491. The molecule has 0 saturated carbocycles. The van der Waals surface area contributed by atoms with Crippen molar-refractivity contribution in [1.29, 1.82) is 0 Å². The molecule has 1 rings (SSSR count). The summed E-state index contributed by atoms with van der Waals surface area (Å²) >= 11 is 0. The number of unbranched alkanes of at least 4 members (excludes halogenated alkanes) is 3. The topological polar surface area (TPSA) is 130 Å². The summed E-state index contributed by atoms with van der Waals surface area (Å²) in [6.45, 7) is 6.09. The summed E-state index contributed by atoms with van der Waals surface area (Å²) in [5, 5.41) is 11.4. The zero-order valence-electron chi connectivity index (χ0n) is 16.6. The van der Waals surface area contributed by atoms with Gasteiger partial charge in [-0.15, -0.1) is 0 Å². The molecule has 1 aliphatic heterocycles. The van der Waals surface area contributed by atoms with E-state index in [2.05, 4.69) is 5.32 Å². The Hall–Kier alpha value is -2.12. The predicted molar refractivity (Wildman–Crippen MR) is 101 cm³/mol. The number of carboxylic acids is 1. The number of amides is 3. The van der Waals surface area contributed by atoms with E-state index in [0.29, 0.717) is 25.8 Å². The van der Waals surface area contributed by atoms with Crippen LogP contribution >= 0.6 is 0 Å². The second-order valence-corrected chi connectivity index (χ2v) is 8.27. The van der Waals surface area contributed by atoms with Crippen LogP contribution in [-0.2, 0) is 19.2 Å². The molecule has 0 radical (unpaired) electrons. The van der Waals surface area contributed by atoms with Crippen molar-refractivity contribution in [3.63, 3.8) is 0 Å². The second kappa shape index (κ2) is 10.3. The van der Waals surface area contributed by atoms with Gasteiger partial charge in [-0.2, -0.15) is 0 Å². The largest absolute Gasteiger partial charge is 0.481 e. The second-order valence-electron chi connectivity index (χ2n) is 8.27. The van der Waals surface area contributed by atoms with Crippen LogP contribution in [0.1, 0.15) is 72.1 Å². The standard InChI is InChI=1S/C19H33N3O5/c1-19(2,3)16(18(27)22-12-8-9-13(22)17(20)26)21-14(23)10-6-4-5-7-11-15(24)25/h13,16H,4-12H2,1-3H3,(H2,20,26)(H,21,23)(H,24,25). The molecule has 0 aliphatic carbocycles. The average molecular weight is 383 g/mol. The lowest BCUT2D eigenvalue weighted by Crippen LogP contribution is -2.57. The fraction of sp³-hybridized carbons (Fsp3) is 0.789. The van der Waals surface area contributed by atoms with Gasteiger partial charge in [-0.05, 0) is 31.1 Å². The van der Waals surface area contributed by atoms with Gasteiger partial charge < -0.3 is 21.1 Å². The first-order chi connectivity index (χ1) is 12.5. The zero-order chi connectivity index (χ0) is 20.6. The van der Waals surface area contributed by atoms with Crippen LogP contribution in [0.4, 0.5) is 0 Å². The number of aliphatic carboxylic acids is 1. The van der Waals surface area contributed by atoms with E-state index in [9.17, 15) is 19.2 Å². The molecule has 0 spiro atoms. The van der Waals surface area contributed by atoms with Crippen LogP contribution in [0.15, 0.2) is 0 Å². The first-order valence-electron chi connectivity index (χ1n) is 9.65. The first-order valence-corrected chi connectivity index (χ1v) is 9.65. The number of rotatable bonds is 10. The lowest BCUT2D eigenvalue weighted by Gasteiger charge is -2.35. The number of carbonyl (C=O) groups excluding carboxylic acids is 3. The van der Waals surface area contributed by atoms with Crippen molar-refractivity contribution in [2.45, 2.75) is 84.2 Å². The van der Waals surface area contributed by atoms with Crippen molar-refractivity contribution in [3.8, 4) is 0 Å². The van der Waals surface area contributed by atoms with E-state index in [1.54, 1.807) is 0 Å². The molecule has 8 heteroatoms. The number of carboxylic acid groups (broad SMARTS) is 1. The lowest BCUT2D eigenvalue weighted by molar-refractivity contribution is -0.143. The predicted octanol–water partition coefficient (Wildman–Crippen LogP) is 1.42. The molecule has 0 aromatic heterocycles. The fourth-order valence-electron chi connectivity index (χ4n) is 3.29. The number of primary amides is 1. The van der Waals surface area contributed by atoms with E-state index < -0.39 is 29.4 Å². The molecular formula is C19H33N3O5. The molecule has 0 bridgehead atoms. The van der Waals surface area contributed by atoms with Gasteiger partial charge in [0, 0.05) is 19.4 Å². The number of carbonyl (C=O) groups is 4. The number of hydrogen-bond donors (Lipinski definition) is 3. The Morgan fingerprint density at radius 3 is 2.22 bits per heavy atom. The van der Waals surface area contributed by atoms with E-state index in [1.807, 2.05) is 20.8 Å². The van der Waals surface area contributed by atoms with Crippen molar-refractivity contribution in [2.75, 3.05) is 6.54 Å². The van der Waals surface area contributed by atoms with E-state index >= 15 is 0 Å². The summed E-state index contributed by atoms with van der Waals surface area (Å²) in [5.41, 5.74) is 4.90. The van der Waals surface area contributed by atoms with Gasteiger partial charge in [0.2, 0.25) is 17.7 Å². The average Bonchev–Trinajstić information content (AvgIpc) is 3.03. The van der Waals surface area contributed by atoms with Crippen molar-refractivity contribution in [2.24, 2.45) is 11.1 Å². The molecular weight excluding hydrogens is 350 g/mol. The number of likely N-dealkylation sites (tertiary alicyclic amines) is 1. The van der Waals surface area contributed by atoms with Gasteiger partial charge in [0.25, 0.3) is 0 Å². The van der Waals surface area contributed by atoms with E-state index in [4.69, 9.17) is 10.8 Å². The van der Waals surface area contributed by atoms with Crippen molar-refractivity contribution >= 4 is 23.7 Å². The Morgan fingerprint density at radius 1 is 1.11 bits per heavy atom. The molecule has 4 N–H and O–H groups in total. The molecule has 27 heavy (non-hydrogen) atoms. The van der Waals surface area contributed by atoms with E-state index in [1.165, 1.54) is 4.90 Å². The molecule has 1 heterocycles. The van der Waals surface area contributed by atoms with E-state index in [0.717, 1.165) is 19.3 Å². The summed E-state index contributed by atoms with van der Waals surface area (Å²) in [4.78, 5) is 48.8. The summed E-state index contributed by atoms with van der Waals surface area (Å²) in [6.07, 6.45) is 4.48. The van der Waals surface area contributed by atoms with Crippen LogP contribution in [0.2, 0.25) is 0 Å². The Balaban J connectivity index is 2.57. The molecule has 2 unspecified atom stereocenters. The van der Waals surface area contributed by atoms with Gasteiger partial charge in [0.15, 0.2) is 0 Å². The maximum atomic E-state index is 13.0. The summed E-state index contributed by atoms with van der Waals surface area (Å²) in [6, 6.07) is -1.33. The van der Waals surface area contributed by atoms with Crippen LogP contribution in [0, 0.1) is 5.41 Å². The number of hydrogen-bond acceptors (Lipinski definition) is 4. The number of nitrogens with one attached hydrogen (secondary N) is 1. The van der Waals surface area contributed by atoms with Crippen LogP contribution in [0.5, 0.6) is 0 Å². The minimum Gasteiger partial charge on any atom is -0.481 e. The normalized spacial score (nSPS) is 18.2. The molecule has 154 valence electrons. The van der Waals surface area contributed by atoms with Crippen molar-refractivity contribution in [3.05, 3.63) is 0 Å². The SMILES string of the molecule is CC(C)(C)C(NC(=O)CCCCCCC(=O)O)C(=O)N1CCCC1C(N)=O. The summed E-state index contributed by atoms with van der Waals surface area (Å²) < 4.78 is 0. The first kappa shape index (κ1) is 22.9. The zero-order valence-corrected chi connectivity index (χ0v) is 16.6. The summed E-state index contributed by atoms with van der Waals surface area (Å²) in [5.74, 6) is -1.80. The molecule has 0 aromatic rings. The van der Waals surface area contributed by atoms with Crippen LogP contribution < -0.4 is 11.1 Å². The maximum absolute atomic E-state index is 13.0. The van der Waals surface area contributed by atoms with Crippen LogP contribution in [-0.4, -0.2) is 52.3 Å². The Kier molecular flexibility index (Phi) is 8.72. The molecule has 2 atom stereocenters. The highest BCUT2D eigenvalue weighted by Crippen LogP contribution is 2.25. The monoisotopic (exact) mass is 383 g/mol. The maximum Gasteiger partial charge on any atom is 0.303 e. The number of nitrogens with two attached hydrogens (primary N) is 1. The molecule has 0 aromatic carbocycles. The molecule has 8 nitrogen and oxygen atoms in total. The highest BCUT2D eigenvalue weighted by molar-refractivity contribution is 5.92. The highest BCUT2D eigenvalue weighted by atomic mass is 16.4. The van der Waals surface area contributed by atoms with Gasteiger partial charge in [0.05, 0.1) is 0 Å². The third-order valence-corrected chi connectivity index (χ3v) is 4.83. The third kappa shape index (κ3) is 7.56. The minimum absolute atomic E-state index is 0.143. The Labute approximate surface area is 160 Å². The highest BCUT2D eigenvalue weighted by Gasteiger charge is 2.41. The molecule has 1 fully saturated rings. The van der Waals surface area contributed by atoms with Crippen LogP contribution in [0.3, 0.4) is 0 Å². The Morgan fingerprint density at radius 2 is 1.70 bits per heavy atom. The van der Waals surface area contributed by atoms with Gasteiger partial charge in [0.1, 0.15) is 12.1 Å².